The maximum Gasteiger partial charge on any atom is 0.314 e. The number of urea groups is 1. The quantitative estimate of drug-likeness (QED) is 0.620. The van der Waals surface area contributed by atoms with Gasteiger partial charge >= 0.3 is 6.03 Å². The summed E-state index contributed by atoms with van der Waals surface area (Å²) in [5.41, 5.74) is 5.24. The van der Waals surface area contributed by atoms with Crippen LogP contribution >= 0.6 is 0 Å². The van der Waals surface area contributed by atoms with E-state index in [-0.39, 0.29) is 6.03 Å². The van der Waals surface area contributed by atoms with E-state index >= 15 is 0 Å². The van der Waals surface area contributed by atoms with E-state index in [1.807, 2.05) is 6.92 Å². The smallest absolute Gasteiger partial charge is 0.314 e. The van der Waals surface area contributed by atoms with Gasteiger partial charge in [0.2, 0.25) is 0 Å². The molecule has 0 aliphatic rings. The second-order valence-corrected chi connectivity index (χ2v) is 4.31. The number of hydrogen-bond acceptors (Lipinski definition) is 1. The van der Waals surface area contributed by atoms with Crippen LogP contribution in [0.15, 0.2) is 0 Å². The average Bonchev–Trinajstić information content (AvgIpc) is 2.18. The zero-order chi connectivity index (χ0) is 11.7. The van der Waals surface area contributed by atoms with Crippen LogP contribution in [0.25, 0.3) is 0 Å². The third-order valence-corrected chi connectivity index (χ3v) is 2.89. The van der Waals surface area contributed by atoms with Crippen molar-refractivity contribution in [3.63, 3.8) is 0 Å². The number of carbonyl (C=O) groups excluding carboxylic acids is 1. The molecule has 2 N–H and O–H groups in total. The number of hydrogen-bond donors (Lipinski definition) is 1. The summed E-state index contributed by atoms with van der Waals surface area (Å²) in [5, 5.41) is 0. The third-order valence-electron chi connectivity index (χ3n) is 2.89. The molecule has 0 aromatic carbocycles. The topological polar surface area (TPSA) is 46.3 Å². The number of nitrogens with two attached hydrogens (primary N) is 1. The van der Waals surface area contributed by atoms with Crippen molar-refractivity contribution in [2.45, 2.75) is 52.9 Å². The highest BCUT2D eigenvalue weighted by atomic mass is 16.2. The van der Waals surface area contributed by atoms with E-state index in [2.05, 4.69) is 13.8 Å². The van der Waals surface area contributed by atoms with E-state index in [9.17, 15) is 4.79 Å². The van der Waals surface area contributed by atoms with E-state index in [1.54, 1.807) is 4.90 Å². The predicted molar refractivity (Wildman–Crippen MR) is 64.8 cm³/mol. The van der Waals surface area contributed by atoms with Crippen LogP contribution in [-0.2, 0) is 0 Å². The maximum atomic E-state index is 11.0. The van der Waals surface area contributed by atoms with Gasteiger partial charge in [0.05, 0.1) is 0 Å². The van der Waals surface area contributed by atoms with Crippen LogP contribution in [0.5, 0.6) is 0 Å². The summed E-state index contributed by atoms with van der Waals surface area (Å²) in [5.74, 6) is 0.699. The lowest BCUT2D eigenvalue weighted by Crippen LogP contribution is -2.36. The van der Waals surface area contributed by atoms with Crippen molar-refractivity contribution in [3.05, 3.63) is 0 Å². The molecule has 0 aromatic rings. The molecule has 0 saturated carbocycles. The molecular weight excluding hydrogens is 188 g/mol. The normalized spacial score (nSPS) is 12.5. The molecule has 0 aliphatic carbocycles. The van der Waals surface area contributed by atoms with Crippen LogP contribution in [0.4, 0.5) is 4.79 Å². The van der Waals surface area contributed by atoms with Crippen LogP contribution in [-0.4, -0.2) is 24.0 Å². The molecule has 0 heterocycles. The fraction of sp³-hybridized carbons (Fsp3) is 0.917. The van der Waals surface area contributed by atoms with Crippen LogP contribution in [0.2, 0.25) is 0 Å². The minimum absolute atomic E-state index is 0.293. The number of primary amides is 1. The summed E-state index contributed by atoms with van der Waals surface area (Å²) < 4.78 is 0. The number of carbonyl (C=O) groups is 1. The molecule has 15 heavy (non-hydrogen) atoms. The third kappa shape index (κ3) is 7.23. The lowest BCUT2D eigenvalue weighted by molar-refractivity contribution is 0.206. The van der Waals surface area contributed by atoms with E-state index in [0.29, 0.717) is 5.92 Å². The average molecular weight is 214 g/mol. The number of rotatable bonds is 8. The molecule has 0 aromatic heterocycles. The summed E-state index contributed by atoms with van der Waals surface area (Å²) in [7, 11) is 0. The van der Waals surface area contributed by atoms with Gasteiger partial charge in [0.15, 0.2) is 0 Å². The van der Waals surface area contributed by atoms with Gasteiger partial charge in [-0.15, -0.1) is 0 Å². The molecule has 1 unspecified atom stereocenters. The summed E-state index contributed by atoms with van der Waals surface area (Å²) in [4.78, 5) is 12.7. The molecule has 3 heteroatoms. The van der Waals surface area contributed by atoms with Crippen molar-refractivity contribution in [3.8, 4) is 0 Å². The first-order valence-corrected chi connectivity index (χ1v) is 6.16. The van der Waals surface area contributed by atoms with Gasteiger partial charge in [-0.3, -0.25) is 0 Å². The van der Waals surface area contributed by atoms with Gasteiger partial charge in [-0.25, -0.2) is 4.79 Å². The highest BCUT2D eigenvalue weighted by Gasteiger charge is 2.09. The lowest BCUT2D eigenvalue weighted by atomic mass is 10.00. The summed E-state index contributed by atoms with van der Waals surface area (Å²) >= 11 is 0. The fourth-order valence-corrected chi connectivity index (χ4v) is 1.69. The Balaban J connectivity index is 3.59. The van der Waals surface area contributed by atoms with Crippen molar-refractivity contribution in [2.75, 3.05) is 13.1 Å². The Morgan fingerprint density at radius 1 is 1.27 bits per heavy atom. The molecule has 90 valence electrons. The molecule has 2 amide bonds. The molecule has 0 aliphatic heterocycles. The number of nitrogens with zero attached hydrogens (tertiary/aromatic N) is 1. The van der Waals surface area contributed by atoms with Gasteiger partial charge < -0.3 is 10.6 Å². The molecule has 0 fully saturated rings. The van der Waals surface area contributed by atoms with Gasteiger partial charge in [-0.1, -0.05) is 39.5 Å². The number of unbranched alkanes of at least 4 members (excludes halogenated alkanes) is 2. The Kier molecular flexibility index (Phi) is 8.15. The highest BCUT2D eigenvalue weighted by Crippen LogP contribution is 2.13. The second kappa shape index (κ2) is 8.57. The molecule has 3 nitrogen and oxygen atoms in total. The summed E-state index contributed by atoms with van der Waals surface area (Å²) in [6.07, 6.45) is 6.23. The molecule has 0 saturated heterocycles. The SMILES string of the molecule is CCCCCC(C)CCN(CC)C(N)=O. The molecule has 1 atom stereocenters. The zero-order valence-electron chi connectivity index (χ0n) is 10.5. The minimum atomic E-state index is -0.293. The van der Waals surface area contributed by atoms with E-state index in [1.165, 1.54) is 25.7 Å². The summed E-state index contributed by atoms with van der Waals surface area (Å²) in [6, 6.07) is -0.293. The molecule has 0 bridgehead atoms. The Labute approximate surface area is 94.0 Å². The molecule has 0 spiro atoms. The second-order valence-electron chi connectivity index (χ2n) is 4.31. The first-order chi connectivity index (χ1) is 7.11. The Hall–Kier alpha value is -0.730. The van der Waals surface area contributed by atoms with E-state index < -0.39 is 0 Å². The van der Waals surface area contributed by atoms with Crippen molar-refractivity contribution >= 4 is 6.03 Å². The van der Waals surface area contributed by atoms with Crippen LogP contribution in [0.3, 0.4) is 0 Å². The minimum Gasteiger partial charge on any atom is -0.351 e. The van der Waals surface area contributed by atoms with Gasteiger partial charge in [-0.05, 0) is 19.3 Å². The largest absolute Gasteiger partial charge is 0.351 e. The monoisotopic (exact) mass is 214 g/mol. The van der Waals surface area contributed by atoms with Gasteiger partial charge in [0, 0.05) is 13.1 Å². The van der Waals surface area contributed by atoms with Crippen molar-refractivity contribution in [2.24, 2.45) is 11.7 Å². The maximum absolute atomic E-state index is 11.0. The first-order valence-electron chi connectivity index (χ1n) is 6.16. The molecular formula is C12H26N2O. The van der Waals surface area contributed by atoms with Crippen molar-refractivity contribution in [1.29, 1.82) is 0 Å². The molecule has 0 rings (SSSR count). The Morgan fingerprint density at radius 3 is 2.40 bits per heavy atom. The zero-order valence-corrected chi connectivity index (χ0v) is 10.5. The lowest BCUT2D eigenvalue weighted by Gasteiger charge is -2.20. The standard InChI is InChI=1S/C12H26N2O/c1-4-6-7-8-11(3)9-10-14(5-2)12(13)15/h11H,4-10H2,1-3H3,(H2,13,15). The summed E-state index contributed by atoms with van der Waals surface area (Å²) in [6.45, 7) is 7.96. The van der Waals surface area contributed by atoms with Crippen molar-refractivity contribution in [1.82, 2.24) is 4.90 Å². The van der Waals surface area contributed by atoms with E-state index in [4.69, 9.17) is 5.73 Å². The van der Waals surface area contributed by atoms with Crippen molar-refractivity contribution < 1.29 is 4.79 Å². The first kappa shape index (κ1) is 14.3. The van der Waals surface area contributed by atoms with Crippen LogP contribution < -0.4 is 5.73 Å². The van der Waals surface area contributed by atoms with Crippen LogP contribution in [0, 0.1) is 5.92 Å². The Morgan fingerprint density at radius 2 is 1.93 bits per heavy atom. The fourth-order valence-electron chi connectivity index (χ4n) is 1.69. The predicted octanol–water partition coefficient (Wildman–Crippen LogP) is 2.99. The van der Waals surface area contributed by atoms with Gasteiger partial charge in [-0.2, -0.15) is 0 Å². The highest BCUT2D eigenvalue weighted by molar-refractivity contribution is 5.71. The Bertz CT molecular complexity index is 171. The van der Waals surface area contributed by atoms with Gasteiger partial charge in [0.25, 0.3) is 0 Å². The van der Waals surface area contributed by atoms with E-state index in [0.717, 1.165) is 19.5 Å². The van der Waals surface area contributed by atoms with Gasteiger partial charge in [0.1, 0.15) is 0 Å². The number of amides is 2. The molecule has 0 radical (unpaired) electrons. The van der Waals surface area contributed by atoms with Crippen LogP contribution in [0.1, 0.15) is 52.9 Å².